The molecule has 3 N–H and O–H groups in total. The number of nitrogen functional groups attached to an aromatic ring is 1. The van der Waals surface area contributed by atoms with E-state index in [4.69, 9.17) is 10.5 Å². The van der Waals surface area contributed by atoms with Crippen LogP contribution >= 0.6 is 0 Å². The highest BCUT2D eigenvalue weighted by Crippen LogP contribution is 2.24. The van der Waals surface area contributed by atoms with Gasteiger partial charge >= 0.3 is 0 Å². The molecular weight excluding hydrogens is 276 g/mol. The number of benzene rings is 2. The monoisotopic (exact) mass is 298 g/mol. The van der Waals surface area contributed by atoms with Crippen LogP contribution in [-0.2, 0) is 17.6 Å². The van der Waals surface area contributed by atoms with E-state index in [0.29, 0.717) is 23.5 Å². The summed E-state index contributed by atoms with van der Waals surface area (Å²) in [5, 5.41) is 2.85. The van der Waals surface area contributed by atoms with Gasteiger partial charge in [0.15, 0.2) is 0 Å². The van der Waals surface area contributed by atoms with Crippen LogP contribution in [0.15, 0.2) is 42.5 Å². The van der Waals surface area contributed by atoms with E-state index in [9.17, 15) is 4.79 Å². The molecular formula is C18H22N2O2. The molecule has 2 rings (SSSR count). The van der Waals surface area contributed by atoms with Crippen LogP contribution < -0.4 is 15.8 Å². The van der Waals surface area contributed by atoms with Crippen molar-refractivity contribution in [2.24, 2.45) is 0 Å². The van der Waals surface area contributed by atoms with Gasteiger partial charge in [0.1, 0.15) is 5.75 Å². The zero-order valence-corrected chi connectivity index (χ0v) is 13.1. The predicted molar refractivity (Wildman–Crippen MR) is 90.2 cm³/mol. The molecule has 4 nitrogen and oxygen atoms in total. The molecule has 0 aromatic heterocycles. The predicted octanol–water partition coefficient (Wildman–Crippen LogP) is 3.41. The van der Waals surface area contributed by atoms with Crippen LogP contribution in [0.5, 0.6) is 5.75 Å². The SMILES string of the molecule is CCc1ccc(CCC(=O)Nc2ccc(OC)c(N)c2)cc1. The van der Waals surface area contributed by atoms with Crippen LogP contribution in [-0.4, -0.2) is 13.0 Å². The first-order chi connectivity index (χ1) is 10.6. The number of methoxy groups -OCH3 is 1. The standard InChI is InChI=1S/C18H22N2O2/c1-3-13-4-6-14(7-5-13)8-11-18(21)20-15-9-10-17(22-2)16(19)12-15/h4-7,9-10,12H,3,8,11,19H2,1-2H3,(H,20,21). The summed E-state index contributed by atoms with van der Waals surface area (Å²) in [5.41, 5.74) is 9.49. The first-order valence-electron chi connectivity index (χ1n) is 7.43. The zero-order chi connectivity index (χ0) is 15.9. The largest absolute Gasteiger partial charge is 0.495 e. The van der Waals surface area contributed by atoms with Crippen molar-refractivity contribution >= 4 is 17.3 Å². The van der Waals surface area contributed by atoms with Gasteiger partial charge in [0.25, 0.3) is 0 Å². The van der Waals surface area contributed by atoms with Crippen molar-refractivity contribution in [3.05, 3.63) is 53.6 Å². The summed E-state index contributed by atoms with van der Waals surface area (Å²) in [6.07, 6.45) is 2.19. The Kier molecular flexibility index (Phi) is 5.42. The molecule has 0 aliphatic carbocycles. The molecule has 0 heterocycles. The lowest BCUT2D eigenvalue weighted by molar-refractivity contribution is -0.116. The van der Waals surface area contributed by atoms with Crippen molar-refractivity contribution in [3.63, 3.8) is 0 Å². The van der Waals surface area contributed by atoms with Gasteiger partial charge in [-0.25, -0.2) is 0 Å². The van der Waals surface area contributed by atoms with Crippen LogP contribution in [0.2, 0.25) is 0 Å². The summed E-state index contributed by atoms with van der Waals surface area (Å²) in [4.78, 5) is 12.0. The number of ether oxygens (including phenoxy) is 1. The molecule has 0 atom stereocenters. The molecule has 0 saturated heterocycles. The van der Waals surface area contributed by atoms with Gasteiger partial charge in [0.2, 0.25) is 5.91 Å². The molecule has 116 valence electrons. The number of amides is 1. The minimum Gasteiger partial charge on any atom is -0.495 e. The smallest absolute Gasteiger partial charge is 0.224 e. The van der Waals surface area contributed by atoms with E-state index in [2.05, 4.69) is 36.5 Å². The third kappa shape index (κ3) is 4.25. The first kappa shape index (κ1) is 15.9. The molecule has 0 bridgehead atoms. The minimum atomic E-state index is -0.0239. The summed E-state index contributed by atoms with van der Waals surface area (Å²) in [6.45, 7) is 2.13. The minimum absolute atomic E-state index is 0.0239. The van der Waals surface area contributed by atoms with Gasteiger partial charge < -0.3 is 15.8 Å². The van der Waals surface area contributed by atoms with Crippen molar-refractivity contribution in [1.29, 1.82) is 0 Å². The Hall–Kier alpha value is -2.49. The highest BCUT2D eigenvalue weighted by atomic mass is 16.5. The number of anilines is 2. The highest BCUT2D eigenvalue weighted by Gasteiger charge is 2.06. The maximum Gasteiger partial charge on any atom is 0.224 e. The van der Waals surface area contributed by atoms with Gasteiger partial charge in [-0.2, -0.15) is 0 Å². The number of carbonyl (C=O) groups excluding carboxylic acids is 1. The lowest BCUT2D eigenvalue weighted by atomic mass is 10.1. The second-order valence-corrected chi connectivity index (χ2v) is 5.17. The van der Waals surface area contributed by atoms with E-state index in [0.717, 1.165) is 12.8 Å². The maximum atomic E-state index is 12.0. The second-order valence-electron chi connectivity index (χ2n) is 5.17. The molecule has 0 aliphatic heterocycles. The summed E-state index contributed by atoms with van der Waals surface area (Å²) in [7, 11) is 1.56. The van der Waals surface area contributed by atoms with Crippen molar-refractivity contribution < 1.29 is 9.53 Å². The first-order valence-corrected chi connectivity index (χ1v) is 7.43. The fourth-order valence-electron chi connectivity index (χ4n) is 2.24. The van der Waals surface area contributed by atoms with Gasteiger partial charge in [-0.15, -0.1) is 0 Å². The molecule has 0 fully saturated rings. The van der Waals surface area contributed by atoms with Crippen LogP contribution in [0.1, 0.15) is 24.5 Å². The topological polar surface area (TPSA) is 64.3 Å². The van der Waals surface area contributed by atoms with E-state index in [1.54, 1.807) is 25.3 Å². The van der Waals surface area contributed by atoms with Gasteiger partial charge in [-0.05, 0) is 42.2 Å². The van der Waals surface area contributed by atoms with Crippen molar-refractivity contribution in [2.45, 2.75) is 26.2 Å². The third-order valence-electron chi connectivity index (χ3n) is 3.59. The average molecular weight is 298 g/mol. The molecule has 4 heteroatoms. The molecule has 0 unspecified atom stereocenters. The summed E-state index contributed by atoms with van der Waals surface area (Å²) in [5.74, 6) is 0.582. The number of nitrogens with one attached hydrogen (secondary N) is 1. The quantitative estimate of drug-likeness (QED) is 0.803. The molecule has 1 amide bonds. The van der Waals surface area contributed by atoms with Crippen LogP contribution in [0.4, 0.5) is 11.4 Å². The van der Waals surface area contributed by atoms with Crippen LogP contribution in [0, 0.1) is 0 Å². The number of rotatable bonds is 6. The molecule has 0 saturated carbocycles. The molecule has 2 aromatic carbocycles. The molecule has 0 aliphatic rings. The Morgan fingerprint density at radius 2 is 1.82 bits per heavy atom. The van der Waals surface area contributed by atoms with Crippen molar-refractivity contribution in [2.75, 3.05) is 18.2 Å². The van der Waals surface area contributed by atoms with E-state index in [1.807, 2.05) is 0 Å². The van der Waals surface area contributed by atoms with Gasteiger partial charge in [-0.1, -0.05) is 31.2 Å². The van der Waals surface area contributed by atoms with E-state index >= 15 is 0 Å². The number of hydrogen-bond donors (Lipinski definition) is 2. The summed E-state index contributed by atoms with van der Waals surface area (Å²) in [6, 6.07) is 13.6. The molecule has 2 aromatic rings. The fourth-order valence-corrected chi connectivity index (χ4v) is 2.24. The Morgan fingerprint density at radius 1 is 1.14 bits per heavy atom. The number of hydrogen-bond acceptors (Lipinski definition) is 3. The van der Waals surface area contributed by atoms with E-state index < -0.39 is 0 Å². The number of nitrogens with two attached hydrogens (primary N) is 1. The maximum absolute atomic E-state index is 12.0. The fraction of sp³-hybridized carbons (Fsp3) is 0.278. The van der Waals surface area contributed by atoms with Gasteiger partial charge in [0.05, 0.1) is 12.8 Å². The summed E-state index contributed by atoms with van der Waals surface area (Å²) >= 11 is 0. The highest BCUT2D eigenvalue weighted by molar-refractivity contribution is 5.91. The van der Waals surface area contributed by atoms with Crippen LogP contribution in [0.3, 0.4) is 0 Å². The Labute approximate surface area is 131 Å². The Balaban J connectivity index is 1.88. The second kappa shape index (κ2) is 7.50. The third-order valence-corrected chi connectivity index (χ3v) is 3.59. The normalized spacial score (nSPS) is 10.3. The lowest BCUT2D eigenvalue weighted by Crippen LogP contribution is -2.12. The zero-order valence-electron chi connectivity index (χ0n) is 13.1. The molecule has 0 spiro atoms. The Bertz CT molecular complexity index is 636. The molecule has 22 heavy (non-hydrogen) atoms. The molecule has 0 radical (unpaired) electrons. The summed E-state index contributed by atoms with van der Waals surface area (Å²) < 4.78 is 5.09. The van der Waals surface area contributed by atoms with E-state index in [1.165, 1.54) is 11.1 Å². The lowest BCUT2D eigenvalue weighted by Gasteiger charge is -2.09. The van der Waals surface area contributed by atoms with E-state index in [-0.39, 0.29) is 5.91 Å². The van der Waals surface area contributed by atoms with Crippen molar-refractivity contribution in [1.82, 2.24) is 0 Å². The van der Waals surface area contributed by atoms with Gasteiger partial charge in [-0.3, -0.25) is 4.79 Å². The average Bonchev–Trinajstić information content (AvgIpc) is 2.53. The van der Waals surface area contributed by atoms with Crippen molar-refractivity contribution in [3.8, 4) is 5.75 Å². The van der Waals surface area contributed by atoms with Crippen LogP contribution in [0.25, 0.3) is 0 Å². The number of aryl methyl sites for hydroxylation is 2. The Morgan fingerprint density at radius 3 is 2.41 bits per heavy atom. The number of carbonyl (C=O) groups is 1. The van der Waals surface area contributed by atoms with Gasteiger partial charge in [0, 0.05) is 12.1 Å².